The van der Waals surface area contributed by atoms with Gasteiger partial charge in [-0.05, 0) is 53.4 Å². The van der Waals surface area contributed by atoms with Crippen LogP contribution in [-0.2, 0) is 6.42 Å². The van der Waals surface area contributed by atoms with E-state index >= 15 is 0 Å². The van der Waals surface area contributed by atoms with Crippen LogP contribution in [0, 0.1) is 0 Å². The molecule has 126 valence electrons. The van der Waals surface area contributed by atoms with Crippen LogP contribution >= 0.6 is 0 Å². The van der Waals surface area contributed by atoms with Crippen molar-refractivity contribution in [1.82, 2.24) is 0 Å². The molecule has 3 heteroatoms. The molecule has 0 radical (unpaired) electrons. The highest BCUT2D eigenvalue weighted by molar-refractivity contribution is 5.71. The minimum Gasteiger partial charge on any atom is -0.497 e. The Labute approximate surface area is 148 Å². The lowest BCUT2D eigenvalue weighted by atomic mass is 9.98. The monoisotopic (exact) mass is 331 g/mol. The van der Waals surface area contributed by atoms with Crippen LogP contribution < -0.4 is 14.8 Å². The largest absolute Gasteiger partial charge is 0.497 e. The molecule has 1 unspecified atom stereocenters. The predicted molar refractivity (Wildman–Crippen MR) is 101 cm³/mol. The molecule has 0 amide bonds. The van der Waals surface area contributed by atoms with Gasteiger partial charge in [0.1, 0.15) is 11.5 Å². The third-order valence-electron chi connectivity index (χ3n) is 4.78. The molecule has 0 aromatic heterocycles. The van der Waals surface area contributed by atoms with E-state index in [2.05, 4.69) is 53.8 Å². The Bertz CT molecular complexity index is 890. The quantitative estimate of drug-likeness (QED) is 0.723. The summed E-state index contributed by atoms with van der Waals surface area (Å²) in [4.78, 5) is 0. The second-order valence-corrected chi connectivity index (χ2v) is 6.25. The highest BCUT2D eigenvalue weighted by Gasteiger charge is 2.25. The maximum Gasteiger partial charge on any atom is 0.124 e. The van der Waals surface area contributed by atoms with Crippen LogP contribution in [0.1, 0.15) is 17.2 Å². The van der Waals surface area contributed by atoms with E-state index in [0.717, 1.165) is 23.5 Å². The Morgan fingerprint density at radius 1 is 0.840 bits per heavy atom. The van der Waals surface area contributed by atoms with Crippen LogP contribution in [0.5, 0.6) is 11.5 Å². The van der Waals surface area contributed by atoms with Crippen molar-refractivity contribution < 1.29 is 9.47 Å². The molecule has 0 saturated heterocycles. The molecule has 0 spiro atoms. The SMILES string of the molecule is COc1ccc(OC)c(C2Cc3cc(-c4ccccc4)ccc3N2)c1. The Kier molecular flexibility index (Phi) is 4.06. The summed E-state index contributed by atoms with van der Waals surface area (Å²) in [6.07, 6.45) is 0.930. The normalized spacial score (nSPS) is 15.4. The highest BCUT2D eigenvalue weighted by Crippen LogP contribution is 2.40. The van der Waals surface area contributed by atoms with Crippen LogP contribution in [0.25, 0.3) is 11.1 Å². The van der Waals surface area contributed by atoms with Crippen LogP contribution in [0.4, 0.5) is 5.69 Å². The van der Waals surface area contributed by atoms with Crippen LogP contribution in [0.3, 0.4) is 0 Å². The van der Waals surface area contributed by atoms with Gasteiger partial charge in [0.15, 0.2) is 0 Å². The van der Waals surface area contributed by atoms with Crippen molar-refractivity contribution >= 4 is 5.69 Å². The van der Waals surface area contributed by atoms with Gasteiger partial charge in [0.2, 0.25) is 0 Å². The number of anilines is 1. The molecule has 0 saturated carbocycles. The summed E-state index contributed by atoms with van der Waals surface area (Å²) in [5.74, 6) is 1.73. The summed E-state index contributed by atoms with van der Waals surface area (Å²) in [6, 6.07) is 23.2. The fourth-order valence-corrected chi connectivity index (χ4v) is 3.47. The molecule has 1 aliphatic heterocycles. The third kappa shape index (κ3) is 2.93. The van der Waals surface area contributed by atoms with E-state index in [0.29, 0.717) is 0 Å². The number of ether oxygens (including phenoxy) is 2. The molecule has 0 bridgehead atoms. The maximum absolute atomic E-state index is 5.55. The van der Waals surface area contributed by atoms with E-state index < -0.39 is 0 Å². The van der Waals surface area contributed by atoms with Crippen molar-refractivity contribution in [1.29, 1.82) is 0 Å². The molecule has 1 aliphatic rings. The molecular weight excluding hydrogens is 310 g/mol. The summed E-state index contributed by atoms with van der Waals surface area (Å²) in [7, 11) is 3.40. The first kappa shape index (κ1) is 15.6. The lowest BCUT2D eigenvalue weighted by Gasteiger charge is -2.16. The third-order valence-corrected chi connectivity index (χ3v) is 4.78. The minimum absolute atomic E-state index is 0.186. The van der Waals surface area contributed by atoms with E-state index in [-0.39, 0.29) is 6.04 Å². The molecule has 3 nitrogen and oxygen atoms in total. The van der Waals surface area contributed by atoms with Gasteiger partial charge in [-0.15, -0.1) is 0 Å². The van der Waals surface area contributed by atoms with E-state index in [1.54, 1.807) is 14.2 Å². The van der Waals surface area contributed by atoms with Gasteiger partial charge >= 0.3 is 0 Å². The summed E-state index contributed by atoms with van der Waals surface area (Å²) < 4.78 is 10.9. The number of rotatable bonds is 4. The average molecular weight is 331 g/mol. The van der Waals surface area contributed by atoms with Gasteiger partial charge in [0.05, 0.1) is 20.3 Å². The number of benzene rings is 3. The van der Waals surface area contributed by atoms with Crippen molar-refractivity contribution in [2.24, 2.45) is 0 Å². The summed E-state index contributed by atoms with van der Waals surface area (Å²) in [5.41, 5.74) is 6.14. The van der Waals surface area contributed by atoms with Gasteiger partial charge in [-0.2, -0.15) is 0 Å². The maximum atomic E-state index is 5.55. The zero-order valence-corrected chi connectivity index (χ0v) is 14.5. The second-order valence-electron chi connectivity index (χ2n) is 6.25. The van der Waals surface area contributed by atoms with Gasteiger partial charge < -0.3 is 14.8 Å². The fourth-order valence-electron chi connectivity index (χ4n) is 3.47. The molecule has 1 heterocycles. The highest BCUT2D eigenvalue weighted by atomic mass is 16.5. The van der Waals surface area contributed by atoms with Crippen molar-refractivity contribution in [3.8, 4) is 22.6 Å². The van der Waals surface area contributed by atoms with Gasteiger partial charge in [0.25, 0.3) is 0 Å². The Hall–Kier alpha value is -2.94. The molecule has 4 rings (SSSR count). The first-order valence-electron chi connectivity index (χ1n) is 8.45. The van der Waals surface area contributed by atoms with Crippen LogP contribution in [-0.4, -0.2) is 14.2 Å². The van der Waals surface area contributed by atoms with Gasteiger partial charge in [-0.1, -0.05) is 36.4 Å². The molecule has 1 atom stereocenters. The van der Waals surface area contributed by atoms with Crippen LogP contribution in [0.2, 0.25) is 0 Å². The van der Waals surface area contributed by atoms with Crippen molar-refractivity contribution in [2.45, 2.75) is 12.5 Å². The lowest BCUT2D eigenvalue weighted by molar-refractivity contribution is 0.396. The number of nitrogens with one attached hydrogen (secondary N) is 1. The molecule has 1 N–H and O–H groups in total. The zero-order chi connectivity index (χ0) is 17.2. The molecule has 0 aliphatic carbocycles. The van der Waals surface area contributed by atoms with Gasteiger partial charge in [-0.25, -0.2) is 0 Å². The van der Waals surface area contributed by atoms with E-state index in [9.17, 15) is 0 Å². The predicted octanol–water partition coefficient (Wildman–Crippen LogP) is 5.08. The molecule has 25 heavy (non-hydrogen) atoms. The smallest absolute Gasteiger partial charge is 0.124 e. The standard InChI is InChI=1S/C22H21NO2/c1-24-18-9-11-22(25-2)19(14-18)21-13-17-12-16(8-10-20(17)23-21)15-6-4-3-5-7-15/h3-12,14,21,23H,13H2,1-2H3. The molecular formula is C22H21NO2. The van der Waals surface area contributed by atoms with Gasteiger partial charge in [0, 0.05) is 11.3 Å². The Morgan fingerprint density at radius 3 is 2.44 bits per heavy atom. The summed E-state index contributed by atoms with van der Waals surface area (Å²) in [6.45, 7) is 0. The Morgan fingerprint density at radius 2 is 1.68 bits per heavy atom. The van der Waals surface area contributed by atoms with E-state index in [4.69, 9.17) is 9.47 Å². The number of hydrogen-bond donors (Lipinski definition) is 1. The summed E-state index contributed by atoms with van der Waals surface area (Å²) in [5, 5.41) is 3.62. The van der Waals surface area contributed by atoms with Crippen molar-refractivity contribution in [3.63, 3.8) is 0 Å². The van der Waals surface area contributed by atoms with Crippen molar-refractivity contribution in [3.05, 3.63) is 77.9 Å². The van der Waals surface area contributed by atoms with Gasteiger partial charge in [-0.3, -0.25) is 0 Å². The first-order valence-corrected chi connectivity index (χ1v) is 8.45. The molecule has 0 fully saturated rings. The van der Waals surface area contributed by atoms with E-state index in [1.165, 1.54) is 22.4 Å². The number of fused-ring (bicyclic) bond motifs is 1. The molecule has 3 aromatic rings. The number of hydrogen-bond acceptors (Lipinski definition) is 3. The second kappa shape index (κ2) is 6.52. The summed E-state index contributed by atoms with van der Waals surface area (Å²) >= 11 is 0. The topological polar surface area (TPSA) is 30.5 Å². The van der Waals surface area contributed by atoms with Crippen LogP contribution in [0.15, 0.2) is 66.7 Å². The minimum atomic E-state index is 0.186. The number of methoxy groups -OCH3 is 2. The van der Waals surface area contributed by atoms with E-state index in [1.807, 2.05) is 18.2 Å². The Balaban J connectivity index is 1.66. The first-order chi connectivity index (χ1) is 12.3. The van der Waals surface area contributed by atoms with Crippen molar-refractivity contribution in [2.75, 3.05) is 19.5 Å². The zero-order valence-electron chi connectivity index (χ0n) is 14.5. The fraction of sp³-hybridized carbons (Fsp3) is 0.182. The average Bonchev–Trinajstić information content (AvgIpc) is 3.11. The molecule has 3 aromatic carbocycles. The lowest BCUT2D eigenvalue weighted by Crippen LogP contribution is -2.07.